The fraction of sp³-hybridized carbons (Fsp3) is 0.182. The number of hydrogen-bond donors (Lipinski definition) is 5. The van der Waals surface area contributed by atoms with Crippen molar-refractivity contribution in [3.8, 4) is 23.7 Å². The summed E-state index contributed by atoms with van der Waals surface area (Å²) >= 11 is 0. The van der Waals surface area contributed by atoms with Crippen LogP contribution in [0.5, 0.6) is 0 Å². The van der Waals surface area contributed by atoms with Crippen LogP contribution in [0.25, 0.3) is 0 Å². The number of anilines is 1. The number of rotatable bonds is 4. The summed E-state index contributed by atoms with van der Waals surface area (Å²) in [7, 11) is 0. The van der Waals surface area contributed by atoms with Gasteiger partial charge in [0.1, 0.15) is 6.04 Å². The molecule has 2 rings (SSSR count). The molecule has 0 aromatic heterocycles. The molecule has 7 nitrogen and oxygen atoms in total. The van der Waals surface area contributed by atoms with Crippen molar-refractivity contribution in [3.63, 3.8) is 0 Å². The second-order valence-electron chi connectivity index (χ2n) is 6.70. The molecule has 2 aromatic carbocycles. The Morgan fingerprint density at radius 2 is 1.66 bits per heavy atom. The lowest BCUT2D eigenvalue weighted by Gasteiger charge is -2.28. The van der Waals surface area contributed by atoms with Gasteiger partial charge in [0, 0.05) is 22.4 Å². The molecule has 2 aromatic rings. The van der Waals surface area contributed by atoms with E-state index in [-0.39, 0.29) is 5.56 Å². The molecule has 29 heavy (non-hydrogen) atoms. The number of nitrogen functional groups attached to an aromatic ring is 1. The fourth-order valence-electron chi connectivity index (χ4n) is 2.36. The molecule has 0 aliphatic rings. The molecular weight excluding hydrogens is 370 g/mol. The summed E-state index contributed by atoms with van der Waals surface area (Å²) in [6.07, 6.45) is 0. The zero-order chi connectivity index (χ0) is 21.4. The summed E-state index contributed by atoms with van der Waals surface area (Å²) in [5.41, 5.74) is 7.84. The van der Waals surface area contributed by atoms with E-state index in [2.05, 4.69) is 29.0 Å². The first kappa shape index (κ1) is 21.5. The van der Waals surface area contributed by atoms with Crippen molar-refractivity contribution in [2.75, 3.05) is 5.73 Å². The van der Waals surface area contributed by atoms with E-state index in [0.29, 0.717) is 16.8 Å². The van der Waals surface area contributed by atoms with Crippen molar-refractivity contribution < 1.29 is 19.9 Å². The van der Waals surface area contributed by atoms with Crippen molar-refractivity contribution in [3.05, 3.63) is 65.2 Å². The Labute approximate surface area is 168 Å². The monoisotopic (exact) mass is 391 g/mol. The number of para-hydroxylation sites is 1. The number of hydroxylamine groups is 1. The maximum absolute atomic E-state index is 12.3. The van der Waals surface area contributed by atoms with Gasteiger partial charge in [-0.3, -0.25) is 14.8 Å². The third kappa shape index (κ3) is 6.12. The molecular formula is C22H21N3O4. The predicted octanol–water partition coefficient (Wildman–Crippen LogP) is 1.05. The molecule has 0 bridgehead atoms. The van der Waals surface area contributed by atoms with Crippen LogP contribution in [0.3, 0.4) is 0 Å². The van der Waals surface area contributed by atoms with E-state index in [0.717, 1.165) is 0 Å². The number of nitrogens with one attached hydrogen (secondary N) is 2. The van der Waals surface area contributed by atoms with E-state index < -0.39 is 23.5 Å². The first-order valence-corrected chi connectivity index (χ1v) is 8.66. The normalized spacial score (nSPS) is 11.2. The van der Waals surface area contributed by atoms with Crippen LogP contribution in [0.4, 0.5) is 5.69 Å². The Morgan fingerprint density at radius 3 is 2.24 bits per heavy atom. The van der Waals surface area contributed by atoms with Gasteiger partial charge in [0.15, 0.2) is 0 Å². The van der Waals surface area contributed by atoms with Gasteiger partial charge in [-0.2, -0.15) is 0 Å². The van der Waals surface area contributed by atoms with Gasteiger partial charge in [-0.25, -0.2) is 5.48 Å². The van der Waals surface area contributed by atoms with Crippen molar-refractivity contribution in [1.29, 1.82) is 0 Å². The van der Waals surface area contributed by atoms with Crippen LogP contribution in [0.15, 0.2) is 48.5 Å². The van der Waals surface area contributed by atoms with E-state index >= 15 is 0 Å². The van der Waals surface area contributed by atoms with Gasteiger partial charge in [0.2, 0.25) is 0 Å². The summed E-state index contributed by atoms with van der Waals surface area (Å²) < 4.78 is 0. The predicted molar refractivity (Wildman–Crippen MR) is 109 cm³/mol. The van der Waals surface area contributed by atoms with Crippen LogP contribution >= 0.6 is 0 Å². The maximum Gasteiger partial charge on any atom is 0.268 e. The molecule has 1 unspecified atom stereocenters. The van der Waals surface area contributed by atoms with Crippen LogP contribution in [-0.4, -0.2) is 33.8 Å². The van der Waals surface area contributed by atoms with Gasteiger partial charge in [-0.15, -0.1) is 0 Å². The minimum Gasteiger partial charge on any atom is -0.398 e. The number of aliphatic hydroxyl groups is 1. The minimum atomic E-state index is -1.57. The molecule has 2 amide bonds. The highest BCUT2D eigenvalue weighted by Crippen LogP contribution is 2.11. The number of benzene rings is 2. The summed E-state index contributed by atoms with van der Waals surface area (Å²) in [5.74, 6) is 9.66. The first-order valence-electron chi connectivity index (χ1n) is 8.66. The van der Waals surface area contributed by atoms with Crippen LogP contribution in [-0.2, 0) is 4.79 Å². The second-order valence-corrected chi connectivity index (χ2v) is 6.70. The van der Waals surface area contributed by atoms with E-state index in [1.54, 1.807) is 24.3 Å². The lowest BCUT2D eigenvalue weighted by molar-refractivity contribution is -0.136. The van der Waals surface area contributed by atoms with Crippen LogP contribution in [0.1, 0.15) is 35.3 Å². The van der Waals surface area contributed by atoms with E-state index in [9.17, 15) is 14.7 Å². The zero-order valence-corrected chi connectivity index (χ0v) is 16.0. The number of nitrogens with two attached hydrogens (primary N) is 1. The SMILES string of the molecule is CC(C)(O)C(NC(=O)c1ccc(C#CC#Cc2ccccc2N)cc1)C(=O)NO. The molecule has 0 saturated heterocycles. The maximum atomic E-state index is 12.3. The van der Waals surface area contributed by atoms with Crippen molar-refractivity contribution in [1.82, 2.24) is 10.8 Å². The second kappa shape index (κ2) is 9.43. The third-order valence-electron chi connectivity index (χ3n) is 3.93. The zero-order valence-electron chi connectivity index (χ0n) is 16.0. The van der Waals surface area contributed by atoms with Gasteiger partial charge in [0.05, 0.1) is 5.60 Å². The topological polar surface area (TPSA) is 125 Å². The summed E-state index contributed by atoms with van der Waals surface area (Å²) in [5, 5.41) is 21.2. The van der Waals surface area contributed by atoms with E-state index in [1.807, 2.05) is 12.1 Å². The molecule has 0 heterocycles. The van der Waals surface area contributed by atoms with Crippen LogP contribution < -0.4 is 16.5 Å². The number of amides is 2. The van der Waals surface area contributed by atoms with Crippen molar-refractivity contribution in [2.24, 2.45) is 0 Å². The number of hydrogen-bond acceptors (Lipinski definition) is 5. The molecule has 0 saturated carbocycles. The van der Waals surface area contributed by atoms with Gasteiger partial charge in [-0.05, 0) is 62.1 Å². The average molecular weight is 391 g/mol. The first-order chi connectivity index (χ1) is 13.7. The Morgan fingerprint density at radius 1 is 1.03 bits per heavy atom. The molecule has 7 heteroatoms. The lowest BCUT2D eigenvalue weighted by atomic mass is 9.97. The van der Waals surface area contributed by atoms with Gasteiger partial charge < -0.3 is 16.2 Å². The Bertz CT molecular complexity index is 1020. The summed E-state index contributed by atoms with van der Waals surface area (Å²) in [6.45, 7) is 2.69. The fourth-order valence-corrected chi connectivity index (χ4v) is 2.36. The Kier molecular flexibility index (Phi) is 6.99. The van der Waals surface area contributed by atoms with Gasteiger partial charge in [0.25, 0.3) is 11.8 Å². The quantitative estimate of drug-likeness (QED) is 0.231. The van der Waals surface area contributed by atoms with E-state index in [1.165, 1.54) is 31.5 Å². The Balaban J connectivity index is 2.08. The third-order valence-corrected chi connectivity index (χ3v) is 3.93. The molecule has 0 aliphatic heterocycles. The molecule has 0 radical (unpaired) electrons. The lowest BCUT2D eigenvalue weighted by Crippen LogP contribution is -2.57. The van der Waals surface area contributed by atoms with Gasteiger partial charge >= 0.3 is 0 Å². The molecule has 0 spiro atoms. The largest absolute Gasteiger partial charge is 0.398 e. The van der Waals surface area contributed by atoms with Crippen molar-refractivity contribution >= 4 is 17.5 Å². The highest BCUT2D eigenvalue weighted by Gasteiger charge is 2.34. The highest BCUT2D eigenvalue weighted by molar-refractivity contribution is 5.97. The summed E-state index contributed by atoms with van der Waals surface area (Å²) in [4.78, 5) is 24.0. The Hall–Kier alpha value is -3.78. The number of carbonyl (C=O) groups excluding carboxylic acids is 2. The molecule has 6 N–H and O–H groups in total. The van der Waals surface area contributed by atoms with Crippen LogP contribution in [0, 0.1) is 23.7 Å². The highest BCUT2D eigenvalue weighted by atomic mass is 16.5. The molecule has 148 valence electrons. The average Bonchev–Trinajstić information content (AvgIpc) is 2.69. The van der Waals surface area contributed by atoms with Crippen molar-refractivity contribution in [2.45, 2.75) is 25.5 Å². The van der Waals surface area contributed by atoms with E-state index in [4.69, 9.17) is 10.9 Å². The molecule has 0 fully saturated rings. The standard InChI is InChI=1S/C22H21N3O4/c1-22(2,28)19(21(27)25-29)24-20(26)17-13-11-15(12-14-17)7-3-4-8-16-9-5-6-10-18(16)23/h5-6,9-14,19,28-29H,23H2,1-2H3,(H,24,26)(H,25,27). The van der Waals surface area contributed by atoms with Crippen LogP contribution in [0.2, 0.25) is 0 Å². The molecule has 0 aliphatic carbocycles. The molecule has 1 atom stereocenters. The minimum absolute atomic E-state index is 0.263. The number of carbonyl (C=O) groups is 2. The summed E-state index contributed by atoms with van der Waals surface area (Å²) in [6, 6.07) is 12.2. The van der Waals surface area contributed by atoms with Gasteiger partial charge in [-0.1, -0.05) is 24.0 Å². The smallest absolute Gasteiger partial charge is 0.268 e.